The van der Waals surface area contributed by atoms with E-state index < -0.39 is 27.8 Å². The first-order chi connectivity index (χ1) is 16.1. The Morgan fingerprint density at radius 3 is 2.32 bits per heavy atom. The molecular weight excluding hydrogens is 458 g/mol. The largest absolute Gasteiger partial charge is 0.478 e. The zero-order valence-corrected chi connectivity index (χ0v) is 18.4. The molecule has 0 atom stereocenters. The molecule has 2 amide bonds. The third-order valence-corrected chi connectivity index (χ3v) is 6.20. The number of rotatable bonds is 6. The van der Waals surface area contributed by atoms with Crippen LogP contribution in [0.5, 0.6) is 0 Å². The Labute approximate surface area is 195 Å². The van der Waals surface area contributed by atoms with E-state index in [9.17, 15) is 27.9 Å². The Hall–Kier alpha value is -4.28. The molecule has 1 aliphatic heterocycles. The Morgan fingerprint density at radius 2 is 1.65 bits per heavy atom. The van der Waals surface area contributed by atoms with E-state index in [0.29, 0.717) is 22.3 Å². The topological polar surface area (TPSA) is 156 Å². The predicted octanol–water partition coefficient (Wildman–Crippen LogP) is 2.10. The zero-order chi connectivity index (χ0) is 24.5. The van der Waals surface area contributed by atoms with Crippen LogP contribution in [0.25, 0.3) is 16.7 Å². The van der Waals surface area contributed by atoms with Gasteiger partial charge in [-0.1, -0.05) is 30.3 Å². The molecule has 0 radical (unpaired) electrons. The lowest BCUT2D eigenvalue weighted by molar-refractivity contribution is -0.114. The van der Waals surface area contributed by atoms with E-state index >= 15 is 0 Å². The van der Waals surface area contributed by atoms with Crippen LogP contribution in [-0.2, 0) is 21.4 Å². The summed E-state index contributed by atoms with van der Waals surface area (Å²) in [6.07, 6.45) is 1.48. The monoisotopic (exact) mass is 477 g/mol. The number of carboxylic acids is 1. The molecular formula is C24H19N3O6S. The summed E-state index contributed by atoms with van der Waals surface area (Å²) in [5.41, 5.74) is 3.09. The quantitative estimate of drug-likeness (QED) is 0.313. The summed E-state index contributed by atoms with van der Waals surface area (Å²) < 4.78 is 22.8. The second kappa shape index (κ2) is 8.93. The molecule has 172 valence electrons. The molecule has 0 aromatic heterocycles. The van der Waals surface area contributed by atoms with Gasteiger partial charge in [0.2, 0.25) is 10.0 Å². The maximum Gasteiger partial charge on any atom is 0.335 e. The molecule has 34 heavy (non-hydrogen) atoms. The summed E-state index contributed by atoms with van der Waals surface area (Å²) >= 11 is 0. The number of carbonyl (C=O) groups excluding carboxylic acids is 2. The summed E-state index contributed by atoms with van der Waals surface area (Å²) in [7, 11) is -3.79. The van der Waals surface area contributed by atoms with Crippen LogP contribution in [0.1, 0.15) is 31.8 Å². The third-order valence-electron chi connectivity index (χ3n) is 5.27. The average molecular weight is 477 g/mol. The van der Waals surface area contributed by atoms with E-state index in [-0.39, 0.29) is 22.6 Å². The van der Waals surface area contributed by atoms with Gasteiger partial charge in [-0.3, -0.25) is 14.9 Å². The minimum atomic E-state index is -3.79. The lowest BCUT2D eigenvalue weighted by atomic mass is 9.91. The van der Waals surface area contributed by atoms with Gasteiger partial charge in [0.1, 0.15) is 0 Å². The molecule has 0 saturated heterocycles. The SMILES string of the molecule is NS(=O)(=O)c1ccc(CNC=C2C(=O)NC(=O)c3ccc(-c4cccc(C(=O)O)c4)cc32)cc1. The molecule has 10 heteroatoms. The molecule has 1 aliphatic rings. The molecule has 4 rings (SSSR count). The van der Waals surface area contributed by atoms with Gasteiger partial charge in [-0.2, -0.15) is 0 Å². The van der Waals surface area contributed by atoms with E-state index in [1.54, 1.807) is 42.5 Å². The molecule has 0 fully saturated rings. The van der Waals surface area contributed by atoms with E-state index in [2.05, 4.69) is 10.6 Å². The lowest BCUT2D eigenvalue weighted by Gasteiger charge is -2.19. The number of aromatic carboxylic acids is 1. The van der Waals surface area contributed by atoms with Crippen molar-refractivity contribution in [2.45, 2.75) is 11.4 Å². The van der Waals surface area contributed by atoms with Crippen molar-refractivity contribution in [2.24, 2.45) is 5.14 Å². The van der Waals surface area contributed by atoms with Crippen LogP contribution in [0.15, 0.2) is 77.8 Å². The van der Waals surface area contributed by atoms with Gasteiger partial charge in [0.25, 0.3) is 11.8 Å². The van der Waals surface area contributed by atoms with Crippen molar-refractivity contribution in [1.29, 1.82) is 0 Å². The van der Waals surface area contributed by atoms with Crippen molar-refractivity contribution in [3.05, 3.63) is 95.2 Å². The highest BCUT2D eigenvalue weighted by Crippen LogP contribution is 2.30. The van der Waals surface area contributed by atoms with Crippen LogP contribution in [-0.4, -0.2) is 31.3 Å². The van der Waals surface area contributed by atoms with E-state index in [0.717, 1.165) is 5.56 Å². The molecule has 0 spiro atoms. The summed E-state index contributed by atoms with van der Waals surface area (Å²) in [5, 5.41) is 19.7. The molecule has 3 aromatic rings. The lowest BCUT2D eigenvalue weighted by Crippen LogP contribution is -2.37. The van der Waals surface area contributed by atoms with Crippen molar-refractivity contribution in [2.75, 3.05) is 0 Å². The van der Waals surface area contributed by atoms with Gasteiger partial charge >= 0.3 is 5.97 Å². The minimum absolute atomic E-state index is 0.00630. The zero-order valence-electron chi connectivity index (χ0n) is 17.6. The number of hydrogen-bond acceptors (Lipinski definition) is 6. The fourth-order valence-electron chi connectivity index (χ4n) is 3.55. The Balaban J connectivity index is 1.64. The summed E-state index contributed by atoms with van der Waals surface area (Å²) in [4.78, 5) is 36.2. The molecule has 0 saturated carbocycles. The van der Waals surface area contributed by atoms with Gasteiger partial charge in [0.05, 0.1) is 16.0 Å². The molecule has 1 heterocycles. The fraction of sp³-hybridized carbons (Fsp3) is 0.0417. The first-order valence-corrected chi connectivity index (χ1v) is 11.6. The van der Waals surface area contributed by atoms with Crippen LogP contribution in [0, 0.1) is 0 Å². The molecule has 3 aromatic carbocycles. The van der Waals surface area contributed by atoms with E-state index in [4.69, 9.17) is 5.14 Å². The van der Waals surface area contributed by atoms with Crippen molar-refractivity contribution < 1.29 is 27.9 Å². The van der Waals surface area contributed by atoms with Gasteiger partial charge in [-0.25, -0.2) is 18.4 Å². The van der Waals surface area contributed by atoms with Gasteiger partial charge < -0.3 is 10.4 Å². The van der Waals surface area contributed by atoms with Crippen LogP contribution in [0.4, 0.5) is 0 Å². The number of benzene rings is 3. The number of amides is 2. The molecule has 0 aliphatic carbocycles. The standard InChI is InChI=1S/C24H19N3O6S/c25-34(32,33)18-7-4-14(5-8-18)12-26-13-21-20-11-16(6-9-19(20)22(28)27-23(21)29)15-2-1-3-17(10-15)24(30)31/h1-11,13,26H,12H2,(H,30,31)(H2,25,32,33)(H,27,28,29). The highest BCUT2D eigenvalue weighted by molar-refractivity contribution is 7.89. The first kappa shape index (κ1) is 22.9. The van der Waals surface area contributed by atoms with Gasteiger partial charge in [-0.05, 0) is 53.1 Å². The molecule has 0 unspecified atom stereocenters. The number of imide groups is 1. The van der Waals surface area contributed by atoms with Gasteiger partial charge in [0.15, 0.2) is 0 Å². The second-order valence-electron chi connectivity index (χ2n) is 7.56. The number of nitrogens with two attached hydrogens (primary N) is 1. The highest BCUT2D eigenvalue weighted by Gasteiger charge is 2.27. The first-order valence-electron chi connectivity index (χ1n) is 10.0. The Bertz CT molecular complexity index is 1460. The van der Waals surface area contributed by atoms with Crippen LogP contribution in [0.3, 0.4) is 0 Å². The van der Waals surface area contributed by atoms with Crippen molar-refractivity contribution >= 4 is 33.4 Å². The number of sulfonamides is 1. The number of primary sulfonamides is 1. The second-order valence-corrected chi connectivity index (χ2v) is 9.12. The molecule has 0 bridgehead atoms. The van der Waals surface area contributed by atoms with Gasteiger partial charge in [-0.15, -0.1) is 0 Å². The van der Waals surface area contributed by atoms with Crippen molar-refractivity contribution in [1.82, 2.24) is 10.6 Å². The third kappa shape index (κ3) is 4.72. The summed E-state index contributed by atoms with van der Waals surface area (Å²) in [5.74, 6) is -2.16. The normalized spacial score (nSPS) is 14.4. The number of nitrogens with one attached hydrogen (secondary N) is 2. The smallest absolute Gasteiger partial charge is 0.335 e. The number of carboxylic acid groups (broad SMARTS) is 1. The maximum absolute atomic E-state index is 12.6. The number of carbonyl (C=O) groups is 3. The highest BCUT2D eigenvalue weighted by atomic mass is 32.2. The Morgan fingerprint density at radius 1 is 0.941 bits per heavy atom. The molecule has 5 N–H and O–H groups in total. The summed E-state index contributed by atoms with van der Waals surface area (Å²) in [6, 6.07) is 17.3. The number of hydrogen-bond donors (Lipinski definition) is 4. The average Bonchev–Trinajstić information content (AvgIpc) is 2.80. The maximum atomic E-state index is 12.6. The van der Waals surface area contributed by atoms with Crippen LogP contribution < -0.4 is 15.8 Å². The number of fused-ring (bicyclic) bond motifs is 1. The minimum Gasteiger partial charge on any atom is -0.478 e. The summed E-state index contributed by atoms with van der Waals surface area (Å²) in [6.45, 7) is 0.283. The van der Waals surface area contributed by atoms with Crippen molar-refractivity contribution in [3.8, 4) is 11.1 Å². The van der Waals surface area contributed by atoms with Crippen LogP contribution in [0.2, 0.25) is 0 Å². The Kier molecular flexibility index (Phi) is 6.01. The van der Waals surface area contributed by atoms with Crippen molar-refractivity contribution in [3.63, 3.8) is 0 Å². The van der Waals surface area contributed by atoms with E-state index in [1.165, 1.54) is 30.5 Å². The fourth-order valence-corrected chi connectivity index (χ4v) is 4.06. The van der Waals surface area contributed by atoms with Gasteiger partial charge in [0, 0.05) is 23.9 Å². The van der Waals surface area contributed by atoms with E-state index in [1.807, 2.05) is 0 Å². The van der Waals surface area contributed by atoms with Crippen LogP contribution >= 0.6 is 0 Å². The molecule has 9 nitrogen and oxygen atoms in total. The predicted molar refractivity (Wildman–Crippen MR) is 124 cm³/mol.